The molecule has 2 N–H and O–H groups in total. The van der Waals surface area contributed by atoms with Crippen LogP contribution in [-0.4, -0.2) is 31.2 Å². The first-order valence-electron chi connectivity index (χ1n) is 10.6. The molecule has 7 heteroatoms. The van der Waals surface area contributed by atoms with Crippen molar-refractivity contribution in [2.75, 3.05) is 13.7 Å². The molecule has 2 bridgehead atoms. The molecule has 2 aromatic rings. The third-order valence-electron chi connectivity index (χ3n) is 6.86. The van der Waals surface area contributed by atoms with E-state index >= 15 is 0 Å². The molecule has 4 atom stereocenters. The van der Waals surface area contributed by atoms with Crippen molar-refractivity contribution in [1.29, 1.82) is 0 Å². The fourth-order valence-electron chi connectivity index (χ4n) is 5.33. The van der Waals surface area contributed by atoms with Gasteiger partial charge in [-0.05, 0) is 49.4 Å². The van der Waals surface area contributed by atoms with E-state index in [1.165, 1.54) is 0 Å². The number of nitrogens with one attached hydrogen (secondary N) is 2. The Morgan fingerprint density at radius 2 is 2.23 bits per heavy atom. The maximum Gasteiger partial charge on any atom is 0.258 e. The van der Waals surface area contributed by atoms with E-state index in [4.69, 9.17) is 13.9 Å². The number of ether oxygens (including phenoxy) is 2. The summed E-state index contributed by atoms with van der Waals surface area (Å²) in [7, 11) is 1.60. The van der Waals surface area contributed by atoms with E-state index in [0.717, 1.165) is 25.0 Å². The van der Waals surface area contributed by atoms with E-state index in [9.17, 15) is 9.59 Å². The number of rotatable bonds is 5. The molecule has 7 nitrogen and oxygen atoms in total. The number of hydrogen-bond donors (Lipinski definition) is 2. The molecular formula is C23H26N2O5. The van der Waals surface area contributed by atoms with Gasteiger partial charge in [0.15, 0.2) is 5.72 Å². The minimum absolute atomic E-state index is 0.0433. The Morgan fingerprint density at radius 3 is 2.97 bits per heavy atom. The van der Waals surface area contributed by atoms with Gasteiger partial charge in [0.25, 0.3) is 5.91 Å². The van der Waals surface area contributed by atoms with Crippen molar-refractivity contribution in [3.05, 3.63) is 47.9 Å². The summed E-state index contributed by atoms with van der Waals surface area (Å²) in [6.07, 6.45) is 5.62. The molecule has 0 saturated heterocycles. The molecule has 0 unspecified atom stereocenters. The standard InChI is InChI=1S/C23H26N2O5/c1-28-17-6-7-18-20(12-17)30-23(25-22(18)27)13-14-4-5-15(23)11-19(14)21(26)24-9-8-16-3-2-10-29-16/h2-3,6-7,10,12,14-15,19H,4-5,8-9,11,13H2,1H3,(H,24,26)(H,25,27)/t14-,15+,19-,23+/m1/s1. The van der Waals surface area contributed by atoms with Crippen LogP contribution in [0.15, 0.2) is 41.0 Å². The van der Waals surface area contributed by atoms with Crippen LogP contribution >= 0.6 is 0 Å². The number of furan rings is 1. The van der Waals surface area contributed by atoms with Crippen molar-refractivity contribution >= 4 is 11.8 Å². The quantitative estimate of drug-likeness (QED) is 0.791. The van der Waals surface area contributed by atoms with E-state index in [2.05, 4.69) is 10.6 Å². The molecule has 0 radical (unpaired) electrons. The van der Waals surface area contributed by atoms with Crippen LogP contribution in [0, 0.1) is 17.8 Å². The maximum absolute atomic E-state index is 12.8. The molecule has 158 valence electrons. The van der Waals surface area contributed by atoms with E-state index < -0.39 is 5.72 Å². The molecule has 3 fully saturated rings. The van der Waals surface area contributed by atoms with Gasteiger partial charge in [0.05, 0.1) is 18.9 Å². The number of benzene rings is 1. The van der Waals surface area contributed by atoms with Gasteiger partial charge < -0.3 is 24.5 Å². The van der Waals surface area contributed by atoms with Crippen LogP contribution in [0.5, 0.6) is 11.5 Å². The molecule has 1 aliphatic heterocycles. The molecule has 1 aromatic heterocycles. The van der Waals surface area contributed by atoms with Crippen LogP contribution in [0.2, 0.25) is 0 Å². The van der Waals surface area contributed by atoms with Crippen molar-refractivity contribution in [3.8, 4) is 11.5 Å². The summed E-state index contributed by atoms with van der Waals surface area (Å²) < 4.78 is 17.0. The molecule has 3 aliphatic carbocycles. The fourth-order valence-corrected chi connectivity index (χ4v) is 5.33. The zero-order chi connectivity index (χ0) is 20.7. The Labute approximate surface area is 175 Å². The van der Waals surface area contributed by atoms with Gasteiger partial charge in [-0.15, -0.1) is 0 Å². The zero-order valence-electron chi connectivity index (χ0n) is 17.0. The summed E-state index contributed by atoms with van der Waals surface area (Å²) in [5.41, 5.74) is -0.209. The van der Waals surface area contributed by atoms with Gasteiger partial charge in [0.1, 0.15) is 17.3 Å². The van der Waals surface area contributed by atoms with E-state index in [0.29, 0.717) is 36.4 Å². The lowest BCUT2D eigenvalue weighted by Gasteiger charge is -2.55. The highest BCUT2D eigenvalue weighted by Gasteiger charge is 2.57. The molecule has 2 heterocycles. The van der Waals surface area contributed by atoms with Crippen LogP contribution in [0.25, 0.3) is 0 Å². The van der Waals surface area contributed by atoms with Gasteiger partial charge >= 0.3 is 0 Å². The van der Waals surface area contributed by atoms with Crippen molar-refractivity contribution in [2.45, 2.75) is 37.8 Å². The Balaban J connectivity index is 1.28. The van der Waals surface area contributed by atoms with Gasteiger partial charge in [-0.25, -0.2) is 0 Å². The minimum atomic E-state index is -0.732. The highest BCUT2D eigenvalue weighted by Crippen LogP contribution is 2.52. The van der Waals surface area contributed by atoms with Crippen LogP contribution in [0.3, 0.4) is 0 Å². The molecule has 6 rings (SSSR count). The summed E-state index contributed by atoms with van der Waals surface area (Å²) >= 11 is 0. The number of carbonyl (C=O) groups is 2. The molecule has 3 saturated carbocycles. The Hall–Kier alpha value is -2.96. The van der Waals surface area contributed by atoms with Crippen LogP contribution < -0.4 is 20.1 Å². The van der Waals surface area contributed by atoms with Crippen LogP contribution in [0.4, 0.5) is 0 Å². The lowest BCUT2D eigenvalue weighted by atomic mass is 9.60. The number of methoxy groups -OCH3 is 1. The lowest BCUT2D eigenvalue weighted by Crippen LogP contribution is -2.67. The predicted octanol–water partition coefficient (Wildman–Crippen LogP) is 2.90. The average molecular weight is 410 g/mol. The highest BCUT2D eigenvalue weighted by molar-refractivity contribution is 5.98. The minimum Gasteiger partial charge on any atom is -0.497 e. The largest absolute Gasteiger partial charge is 0.497 e. The lowest BCUT2D eigenvalue weighted by molar-refractivity contribution is -0.146. The van der Waals surface area contributed by atoms with Gasteiger partial charge in [0.2, 0.25) is 5.91 Å². The monoisotopic (exact) mass is 410 g/mol. The first-order chi connectivity index (χ1) is 14.6. The number of amides is 2. The van der Waals surface area contributed by atoms with Gasteiger partial charge in [-0.2, -0.15) is 0 Å². The van der Waals surface area contributed by atoms with E-state index in [1.54, 1.807) is 31.6 Å². The predicted molar refractivity (Wildman–Crippen MR) is 108 cm³/mol. The number of fused-ring (bicyclic) bond motifs is 3. The van der Waals surface area contributed by atoms with Crippen molar-refractivity contribution in [1.82, 2.24) is 10.6 Å². The van der Waals surface area contributed by atoms with Crippen LogP contribution in [-0.2, 0) is 11.2 Å². The molecule has 1 aromatic carbocycles. The van der Waals surface area contributed by atoms with Crippen molar-refractivity contribution in [3.63, 3.8) is 0 Å². The van der Waals surface area contributed by atoms with Gasteiger partial charge in [0, 0.05) is 37.3 Å². The third-order valence-corrected chi connectivity index (χ3v) is 6.86. The second kappa shape index (κ2) is 7.38. The van der Waals surface area contributed by atoms with Crippen molar-refractivity contribution < 1.29 is 23.5 Å². The third kappa shape index (κ3) is 3.22. The second-order valence-corrected chi connectivity index (χ2v) is 8.51. The Kier molecular flexibility index (Phi) is 4.68. The second-order valence-electron chi connectivity index (χ2n) is 8.51. The number of hydrogen-bond acceptors (Lipinski definition) is 5. The Bertz CT molecular complexity index is 957. The molecule has 2 amide bonds. The SMILES string of the molecule is COc1ccc2c(c1)O[C@]1(C[C@H]3CC[C@H]1C[C@H]3C(=O)NCCc1ccco1)NC2=O. The first kappa shape index (κ1) is 19.0. The van der Waals surface area contributed by atoms with E-state index in [1.807, 2.05) is 12.1 Å². The molecule has 1 spiro atoms. The first-order valence-corrected chi connectivity index (χ1v) is 10.6. The normalized spacial score (nSPS) is 29.1. The van der Waals surface area contributed by atoms with Crippen molar-refractivity contribution in [2.24, 2.45) is 17.8 Å². The molecular weight excluding hydrogens is 384 g/mol. The Morgan fingerprint density at radius 1 is 1.33 bits per heavy atom. The summed E-state index contributed by atoms with van der Waals surface area (Å²) in [4.78, 5) is 25.6. The number of carbonyl (C=O) groups excluding carboxylic acids is 2. The smallest absolute Gasteiger partial charge is 0.258 e. The summed E-state index contributed by atoms with van der Waals surface area (Å²) in [6, 6.07) is 9.02. The zero-order valence-corrected chi connectivity index (χ0v) is 17.0. The summed E-state index contributed by atoms with van der Waals surface area (Å²) in [6.45, 7) is 0.561. The highest BCUT2D eigenvalue weighted by atomic mass is 16.5. The fraction of sp³-hybridized carbons (Fsp3) is 0.478. The van der Waals surface area contributed by atoms with Gasteiger partial charge in [-0.3, -0.25) is 9.59 Å². The van der Waals surface area contributed by atoms with Gasteiger partial charge in [-0.1, -0.05) is 0 Å². The topological polar surface area (TPSA) is 89.8 Å². The average Bonchev–Trinajstić information content (AvgIpc) is 3.27. The summed E-state index contributed by atoms with van der Waals surface area (Å²) in [5, 5.41) is 6.19. The van der Waals surface area contributed by atoms with E-state index in [-0.39, 0.29) is 29.6 Å². The molecule has 4 aliphatic rings. The summed E-state index contributed by atoms with van der Waals surface area (Å²) in [5.74, 6) is 2.31. The molecule has 30 heavy (non-hydrogen) atoms. The maximum atomic E-state index is 12.8. The van der Waals surface area contributed by atoms with Crippen LogP contribution in [0.1, 0.15) is 41.8 Å².